The van der Waals surface area contributed by atoms with Gasteiger partial charge in [0.05, 0.1) is 47.9 Å². The number of esters is 1. The summed E-state index contributed by atoms with van der Waals surface area (Å²) in [4.78, 5) is 32.0. The molecule has 0 radical (unpaired) electrons. The van der Waals surface area contributed by atoms with Gasteiger partial charge in [-0.05, 0) is 50.5 Å². The van der Waals surface area contributed by atoms with Gasteiger partial charge in [-0.1, -0.05) is 11.6 Å². The molecule has 0 aliphatic carbocycles. The van der Waals surface area contributed by atoms with Crippen LogP contribution in [0.4, 0.5) is 4.39 Å². The predicted octanol–water partition coefficient (Wildman–Crippen LogP) is 4.60. The molecule has 11 nitrogen and oxygen atoms in total. The van der Waals surface area contributed by atoms with Gasteiger partial charge in [0.1, 0.15) is 18.5 Å². The molecule has 0 spiro atoms. The first-order chi connectivity index (χ1) is 20.9. The third-order valence-corrected chi connectivity index (χ3v) is 8.02. The van der Waals surface area contributed by atoms with Crippen molar-refractivity contribution < 1.29 is 28.1 Å². The van der Waals surface area contributed by atoms with Crippen LogP contribution in [0.5, 0.6) is 11.8 Å². The summed E-state index contributed by atoms with van der Waals surface area (Å²) in [6.07, 6.45) is 5.61. The maximum atomic E-state index is 14.0. The zero-order valence-corrected chi connectivity index (χ0v) is 24.7. The van der Waals surface area contributed by atoms with Crippen LogP contribution in [0.15, 0.2) is 42.7 Å². The van der Waals surface area contributed by atoms with E-state index in [1.807, 2.05) is 12.1 Å². The molecule has 0 unspecified atom stereocenters. The topological polar surface area (TPSA) is 114 Å². The Kier molecular flexibility index (Phi) is 8.68. The van der Waals surface area contributed by atoms with E-state index in [2.05, 4.69) is 31.3 Å². The lowest BCUT2D eigenvalue weighted by molar-refractivity contribution is -0.0593. The molecule has 2 aliphatic rings. The van der Waals surface area contributed by atoms with Crippen molar-refractivity contribution >= 4 is 28.6 Å². The van der Waals surface area contributed by atoms with Gasteiger partial charge in [0.15, 0.2) is 11.6 Å². The van der Waals surface area contributed by atoms with Crippen molar-refractivity contribution in [2.45, 2.75) is 64.1 Å². The Morgan fingerprint density at radius 2 is 2.05 bits per heavy atom. The first kappa shape index (κ1) is 29.2. The number of likely N-dealkylation sites (tertiary alicyclic amines) is 1. The average molecular weight is 611 g/mol. The van der Waals surface area contributed by atoms with Gasteiger partial charge in [-0.2, -0.15) is 4.98 Å². The molecule has 43 heavy (non-hydrogen) atoms. The minimum atomic E-state index is -0.654. The van der Waals surface area contributed by atoms with Crippen molar-refractivity contribution in [3.8, 4) is 11.8 Å². The fraction of sp³-hybridized carbons (Fsp3) is 0.433. The van der Waals surface area contributed by atoms with Crippen molar-refractivity contribution in [1.29, 1.82) is 0 Å². The second-order valence-electron chi connectivity index (χ2n) is 10.7. The lowest BCUT2D eigenvalue weighted by Gasteiger charge is -2.37. The van der Waals surface area contributed by atoms with Gasteiger partial charge in [-0.3, -0.25) is 4.90 Å². The molecule has 2 aliphatic heterocycles. The number of pyridine rings is 1. The maximum absolute atomic E-state index is 14.0. The molecule has 5 heterocycles. The van der Waals surface area contributed by atoms with Crippen LogP contribution in [0.25, 0.3) is 11.0 Å². The number of carbonyl (C=O) groups is 1. The number of aromatic nitrogens is 5. The molecule has 2 saturated heterocycles. The van der Waals surface area contributed by atoms with Crippen LogP contribution in [0.1, 0.15) is 48.2 Å². The quantitative estimate of drug-likeness (QED) is 0.236. The Balaban J connectivity index is 1.10. The van der Waals surface area contributed by atoms with E-state index in [1.165, 1.54) is 13.3 Å². The number of hydrogen-bond acceptors (Lipinski definition) is 10. The maximum Gasteiger partial charge on any atom is 0.337 e. The molecule has 0 amide bonds. The Hall–Kier alpha value is -3.87. The van der Waals surface area contributed by atoms with Crippen molar-refractivity contribution in [3.63, 3.8) is 0 Å². The molecule has 3 atom stereocenters. The number of rotatable bonds is 10. The smallest absolute Gasteiger partial charge is 0.337 e. The first-order valence-corrected chi connectivity index (χ1v) is 14.6. The van der Waals surface area contributed by atoms with Crippen molar-refractivity contribution in [2.75, 3.05) is 20.3 Å². The zero-order chi connectivity index (χ0) is 29.9. The second-order valence-corrected chi connectivity index (χ2v) is 11.2. The summed E-state index contributed by atoms with van der Waals surface area (Å²) in [5, 5.41) is 0.188. The van der Waals surface area contributed by atoms with E-state index in [4.69, 9.17) is 35.5 Å². The summed E-state index contributed by atoms with van der Waals surface area (Å²) in [5.41, 5.74) is 2.24. The number of piperidine rings is 1. The lowest BCUT2D eigenvalue weighted by Crippen LogP contribution is -2.44. The van der Waals surface area contributed by atoms with Gasteiger partial charge in [-0.25, -0.2) is 24.1 Å². The predicted molar refractivity (Wildman–Crippen MR) is 155 cm³/mol. The number of ether oxygens (including phenoxy) is 4. The summed E-state index contributed by atoms with van der Waals surface area (Å²) < 4.78 is 38.5. The fourth-order valence-electron chi connectivity index (χ4n) is 5.40. The van der Waals surface area contributed by atoms with E-state index < -0.39 is 5.82 Å². The molecule has 13 heteroatoms. The van der Waals surface area contributed by atoms with E-state index in [0.717, 1.165) is 55.3 Å². The zero-order valence-electron chi connectivity index (χ0n) is 23.9. The lowest BCUT2D eigenvalue weighted by atomic mass is 10.0. The van der Waals surface area contributed by atoms with Crippen LogP contribution in [-0.2, 0) is 29.2 Å². The summed E-state index contributed by atoms with van der Waals surface area (Å²) in [7, 11) is 1.38. The van der Waals surface area contributed by atoms with Crippen molar-refractivity contribution in [3.05, 3.63) is 70.8 Å². The Morgan fingerprint density at radius 1 is 1.19 bits per heavy atom. The van der Waals surface area contributed by atoms with E-state index >= 15 is 0 Å². The van der Waals surface area contributed by atoms with Crippen LogP contribution in [-0.4, -0.2) is 73.9 Å². The van der Waals surface area contributed by atoms with Gasteiger partial charge in [0.2, 0.25) is 5.88 Å². The van der Waals surface area contributed by atoms with Crippen LogP contribution in [0, 0.1) is 5.82 Å². The largest absolute Gasteiger partial charge is 0.474 e. The molecule has 1 aromatic carbocycles. The van der Waals surface area contributed by atoms with E-state index in [0.29, 0.717) is 30.4 Å². The standard InChI is InChI=1S/C30H32ClFN6O5/c1-18-11-21(43-28-5-8-33-26(36-28)17-42-29-23(32)13-20(31)14-34-29)6-9-37(18)16-27-35-24-4-3-19(30(39)40-2)12-25(24)38(27)15-22-7-10-41-22/h3-5,8,12-14,18,21-22H,6-7,9-11,15-17H2,1-2H3/t18-,21-,22-/m0/s1. The molecule has 226 valence electrons. The molecule has 4 aromatic rings. The van der Waals surface area contributed by atoms with E-state index in [-0.39, 0.29) is 41.7 Å². The monoisotopic (exact) mass is 610 g/mol. The minimum absolute atomic E-state index is 0.0323. The number of nitrogens with zero attached hydrogens (tertiary/aromatic N) is 6. The highest BCUT2D eigenvalue weighted by atomic mass is 35.5. The summed E-state index contributed by atoms with van der Waals surface area (Å²) in [5.74, 6) is 0.529. The SMILES string of the molecule is COC(=O)c1ccc2nc(CN3CC[C@H](Oc4ccnc(COc5ncc(Cl)cc5F)n4)C[C@@H]3C)n(C[C@@H]3CCO3)c2c1. The van der Waals surface area contributed by atoms with Crippen LogP contribution >= 0.6 is 11.6 Å². The van der Waals surface area contributed by atoms with Crippen LogP contribution in [0.2, 0.25) is 5.02 Å². The Morgan fingerprint density at radius 3 is 2.79 bits per heavy atom. The molecule has 0 N–H and O–H groups in total. The number of halogens is 2. The van der Waals surface area contributed by atoms with E-state index in [1.54, 1.807) is 18.3 Å². The highest BCUT2D eigenvalue weighted by molar-refractivity contribution is 6.30. The molecule has 3 aromatic heterocycles. The van der Waals surface area contributed by atoms with Gasteiger partial charge in [0.25, 0.3) is 5.88 Å². The summed E-state index contributed by atoms with van der Waals surface area (Å²) in [6.45, 7) is 5.04. The number of benzene rings is 1. The summed E-state index contributed by atoms with van der Waals surface area (Å²) in [6, 6.07) is 8.53. The van der Waals surface area contributed by atoms with Gasteiger partial charge >= 0.3 is 5.97 Å². The molecule has 6 rings (SSSR count). The molecule has 0 bridgehead atoms. The fourth-order valence-corrected chi connectivity index (χ4v) is 5.55. The Labute approximate surface area is 252 Å². The summed E-state index contributed by atoms with van der Waals surface area (Å²) >= 11 is 5.75. The normalized spacial score (nSPS) is 20.5. The highest BCUT2D eigenvalue weighted by Crippen LogP contribution is 2.27. The third-order valence-electron chi connectivity index (χ3n) is 7.82. The first-order valence-electron chi connectivity index (χ1n) is 14.2. The number of imidazole rings is 1. The highest BCUT2D eigenvalue weighted by Gasteiger charge is 2.29. The van der Waals surface area contributed by atoms with E-state index in [9.17, 15) is 9.18 Å². The average Bonchev–Trinajstić information content (AvgIpc) is 3.31. The number of hydrogen-bond donors (Lipinski definition) is 0. The Bertz CT molecular complexity index is 1620. The third kappa shape index (κ3) is 6.71. The minimum Gasteiger partial charge on any atom is -0.474 e. The second kappa shape index (κ2) is 12.8. The van der Waals surface area contributed by atoms with Gasteiger partial charge in [-0.15, -0.1) is 0 Å². The molecular weight excluding hydrogens is 579 g/mol. The van der Waals surface area contributed by atoms with Crippen LogP contribution < -0.4 is 9.47 Å². The molecule has 0 saturated carbocycles. The molecular formula is C30H32ClFN6O5. The molecule has 2 fully saturated rings. The number of carbonyl (C=O) groups excluding carboxylic acids is 1. The van der Waals surface area contributed by atoms with Gasteiger partial charge < -0.3 is 23.5 Å². The van der Waals surface area contributed by atoms with Crippen LogP contribution in [0.3, 0.4) is 0 Å². The number of methoxy groups -OCH3 is 1. The van der Waals surface area contributed by atoms with Crippen molar-refractivity contribution in [1.82, 2.24) is 29.4 Å². The number of fused-ring (bicyclic) bond motifs is 1. The van der Waals surface area contributed by atoms with Crippen molar-refractivity contribution in [2.24, 2.45) is 0 Å². The van der Waals surface area contributed by atoms with Gasteiger partial charge in [0, 0.05) is 37.7 Å².